The number of carbonyl (C=O) groups excluding carboxylic acids is 2. The monoisotopic (exact) mass is 431 g/mol. The van der Waals surface area contributed by atoms with Crippen molar-refractivity contribution in [3.8, 4) is 11.3 Å². The van der Waals surface area contributed by atoms with Crippen LogP contribution in [0.2, 0.25) is 0 Å². The van der Waals surface area contributed by atoms with Gasteiger partial charge in [-0.05, 0) is 47.9 Å². The van der Waals surface area contributed by atoms with Crippen molar-refractivity contribution in [3.05, 3.63) is 59.4 Å². The van der Waals surface area contributed by atoms with E-state index in [4.69, 9.17) is 0 Å². The zero-order valence-electron chi connectivity index (χ0n) is 16.5. The lowest BCUT2D eigenvalue weighted by Crippen LogP contribution is -2.47. The van der Waals surface area contributed by atoms with Crippen molar-refractivity contribution in [2.75, 3.05) is 6.54 Å². The van der Waals surface area contributed by atoms with Gasteiger partial charge in [-0.2, -0.15) is 0 Å². The summed E-state index contributed by atoms with van der Waals surface area (Å²) in [4.78, 5) is 27.4. The van der Waals surface area contributed by atoms with Gasteiger partial charge < -0.3 is 20.7 Å². The van der Waals surface area contributed by atoms with Gasteiger partial charge in [0.05, 0.1) is 5.52 Å². The lowest BCUT2D eigenvalue weighted by Gasteiger charge is -2.18. The van der Waals surface area contributed by atoms with Crippen LogP contribution in [0.15, 0.2) is 36.4 Å². The highest BCUT2D eigenvalue weighted by Crippen LogP contribution is 2.34. The summed E-state index contributed by atoms with van der Waals surface area (Å²) in [6.45, 7) is 1.66. The van der Waals surface area contributed by atoms with Gasteiger partial charge in [-0.1, -0.05) is 6.92 Å². The van der Waals surface area contributed by atoms with Gasteiger partial charge in [0.1, 0.15) is 29.6 Å². The zero-order valence-corrected chi connectivity index (χ0v) is 16.5. The molecule has 9 heteroatoms. The number of nitrogens with one attached hydrogen (secondary N) is 3. The molecule has 0 saturated carbocycles. The molecule has 1 aliphatic rings. The molecule has 1 aromatic heterocycles. The Hall–Kier alpha value is -3.33. The number of carbonyl (C=O) groups is 2. The van der Waals surface area contributed by atoms with Crippen molar-refractivity contribution in [2.24, 2.45) is 5.92 Å². The molecule has 1 saturated heterocycles. The van der Waals surface area contributed by atoms with Crippen LogP contribution < -0.4 is 10.6 Å². The topological polar surface area (TPSA) is 94.2 Å². The highest BCUT2D eigenvalue weighted by atomic mass is 19.1. The highest BCUT2D eigenvalue weighted by Gasteiger charge is 2.35. The first-order chi connectivity index (χ1) is 14.7. The Morgan fingerprint density at radius 1 is 1.19 bits per heavy atom. The molecule has 0 unspecified atom stereocenters. The molecule has 4 rings (SSSR count). The van der Waals surface area contributed by atoms with E-state index in [0.717, 1.165) is 6.07 Å². The number of fused-ring (bicyclic) bond motifs is 1. The molecular weight excluding hydrogens is 411 g/mol. The van der Waals surface area contributed by atoms with E-state index >= 15 is 0 Å². The number of β-amino-alcohol motifs (C(OH)–C–C–N with tert-alkyl or cyclic N) is 1. The predicted octanol–water partition coefficient (Wildman–Crippen LogP) is 2.41. The molecule has 0 bridgehead atoms. The fraction of sp³-hybridized carbons (Fsp3) is 0.273. The maximum Gasteiger partial charge on any atom is 0.245 e. The number of hydrogen-bond donors (Lipinski definition) is 4. The molecule has 162 valence electrons. The first kappa shape index (κ1) is 20.9. The van der Waals surface area contributed by atoms with Gasteiger partial charge in [-0.3, -0.25) is 9.59 Å². The second-order valence-corrected chi connectivity index (χ2v) is 7.70. The number of aromatic nitrogens is 1. The molecule has 3 aromatic rings. The Labute approximate surface area is 175 Å². The average molecular weight is 431 g/mol. The van der Waals surface area contributed by atoms with Crippen molar-refractivity contribution in [1.29, 1.82) is 0 Å². The maximum atomic E-state index is 14.4. The summed E-state index contributed by atoms with van der Waals surface area (Å²) in [5.41, 5.74) is 1.55. The minimum atomic E-state index is -1.05. The molecule has 0 radical (unpaired) electrons. The number of benzene rings is 2. The summed E-state index contributed by atoms with van der Waals surface area (Å²) in [6.07, 6.45) is -0.944. The Balaban J connectivity index is 1.69. The lowest BCUT2D eigenvalue weighted by atomic mass is 9.95. The molecule has 3 atom stereocenters. The van der Waals surface area contributed by atoms with Crippen molar-refractivity contribution in [2.45, 2.75) is 25.5 Å². The Morgan fingerprint density at radius 2 is 1.90 bits per heavy atom. The molecule has 2 aromatic carbocycles. The van der Waals surface area contributed by atoms with Gasteiger partial charge in [0.2, 0.25) is 11.8 Å². The fourth-order valence-electron chi connectivity index (χ4n) is 3.81. The molecule has 4 N–H and O–H groups in total. The van der Waals surface area contributed by atoms with Gasteiger partial charge in [0, 0.05) is 29.6 Å². The number of aliphatic hydroxyl groups excluding tert-OH is 1. The van der Waals surface area contributed by atoms with Crippen molar-refractivity contribution in [1.82, 2.24) is 15.6 Å². The van der Waals surface area contributed by atoms with Gasteiger partial charge in [-0.15, -0.1) is 0 Å². The second-order valence-electron chi connectivity index (χ2n) is 7.70. The second kappa shape index (κ2) is 8.07. The summed E-state index contributed by atoms with van der Waals surface area (Å²) in [5.74, 6) is -3.65. The maximum absolute atomic E-state index is 14.4. The van der Waals surface area contributed by atoms with E-state index in [1.165, 1.54) is 30.3 Å². The number of halogens is 3. The van der Waals surface area contributed by atoms with Crippen LogP contribution in [0, 0.1) is 23.4 Å². The molecule has 1 aliphatic heterocycles. The minimum absolute atomic E-state index is 0.0495. The van der Waals surface area contributed by atoms with Crippen LogP contribution in [-0.2, 0) is 16.0 Å². The van der Waals surface area contributed by atoms with Crippen LogP contribution in [0.5, 0.6) is 0 Å². The highest BCUT2D eigenvalue weighted by molar-refractivity contribution is 5.93. The summed E-state index contributed by atoms with van der Waals surface area (Å²) in [5, 5.41) is 15.1. The van der Waals surface area contributed by atoms with E-state index < -0.39 is 47.3 Å². The van der Waals surface area contributed by atoms with Crippen molar-refractivity contribution in [3.63, 3.8) is 0 Å². The van der Waals surface area contributed by atoms with Gasteiger partial charge in [-0.25, -0.2) is 13.2 Å². The van der Waals surface area contributed by atoms with E-state index in [9.17, 15) is 27.9 Å². The van der Waals surface area contributed by atoms with Crippen LogP contribution in [0.4, 0.5) is 13.2 Å². The van der Waals surface area contributed by atoms with Crippen LogP contribution in [0.1, 0.15) is 12.5 Å². The van der Waals surface area contributed by atoms with E-state index in [1.807, 2.05) is 0 Å². The third-order valence-corrected chi connectivity index (χ3v) is 5.47. The van der Waals surface area contributed by atoms with E-state index in [2.05, 4.69) is 15.6 Å². The lowest BCUT2D eigenvalue weighted by molar-refractivity contribution is -0.130. The smallest absolute Gasteiger partial charge is 0.245 e. The molecule has 6 nitrogen and oxygen atoms in total. The summed E-state index contributed by atoms with van der Waals surface area (Å²) < 4.78 is 41.7. The SMILES string of the molecule is C[C@@H](Cc1c(-c2ccc(F)cc2)[nH]c2c(F)cc(F)cc12)C(=O)N[C@@H]1C(=O)NC[C@H]1O. The molecule has 2 heterocycles. The summed E-state index contributed by atoms with van der Waals surface area (Å²) in [6, 6.07) is 6.38. The Morgan fingerprint density at radius 3 is 2.55 bits per heavy atom. The normalized spacial score (nSPS) is 19.5. The number of aromatic amines is 1. The first-order valence-electron chi connectivity index (χ1n) is 9.76. The van der Waals surface area contributed by atoms with E-state index in [1.54, 1.807) is 6.92 Å². The predicted molar refractivity (Wildman–Crippen MR) is 107 cm³/mol. The minimum Gasteiger partial charge on any atom is -0.389 e. The van der Waals surface area contributed by atoms with E-state index in [-0.39, 0.29) is 23.9 Å². The number of aliphatic hydroxyl groups is 1. The van der Waals surface area contributed by atoms with Gasteiger partial charge in [0.15, 0.2) is 0 Å². The largest absolute Gasteiger partial charge is 0.389 e. The number of amides is 2. The van der Waals surface area contributed by atoms with Crippen LogP contribution >= 0.6 is 0 Å². The standard InChI is InChI=1S/C22H20F3N3O3/c1-10(21(30)28-20-17(29)9-26-22(20)31)6-14-15-7-13(24)8-16(25)19(15)27-18(14)11-2-4-12(23)5-3-11/h2-5,7-8,10,17,20,27,29H,6,9H2,1H3,(H,26,31)(H,28,30)/t10-,17+,20-/m0/s1. The molecule has 0 aliphatic carbocycles. The van der Waals surface area contributed by atoms with Gasteiger partial charge >= 0.3 is 0 Å². The van der Waals surface area contributed by atoms with Crippen molar-refractivity contribution >= 4 is 22.7 Å². The van der Waals surface area contributed by atoms with Crippen molar-refractivity contribution < 1.29 is 27.9 Å². The van der Waals surface area contributed by atoms with Crippen LogP contribution in [0.25, 0.3) is 22.2 Å². The first-order valence-corrected chi connectivity index (χ1v) is 9.76. The summed E-state index contributed by atoms with van der Waals surface area (Å²) >= 11 is 0. The third kappa shape index (κ3) is 4.00. The summed E-state index contributed by atoms with van der Waals surface area (Å²) in [7, 11) is 0. The molecule has 2 amide bonds. The Kier molecular flexibility index (Phi) is 5.45. The molecule has 1 fully saturated rings. The molecule has 0 spiro atoms. The van der Waals surface area contributed by atoms with E-state index in [0.29, 0.717) is 16.8 Å². The third-order valence-electron chi connectivity index (χ3n) is 5.47. The quantitative estimate of drug-likeness (QED) is 0.500. The number of rotatable bonds is 5. The van der Waals surface area contributed by atoms with Gasteiger partial charge in [0.25, 0.3) is 0 Å². The van der Waals surface area contributed by atoms with Crippen LogP contribution in [0.3, 0.4) is 0 Å². The molecular formula is C22H20F3N3O3. The fourth-order valence-corrected chi connectivity index (χ4v) is 3.81. The number of H-pyrrole nitrogens is 1. The Bertz CT molecular complexity index is 1160. The number of hydrogen-bond acceptors (Lipinski definition) is 3. The molecule has 31 heavy (non-hydrogen) atoms. The average Bonchev–Trinajstić information content (AvgIpc) is 3.23. The zero-order chi connectivity index (χ0) is 22.3. The van der Waals surface area contributed by atoms with Crippen LogP contribution in [-0.4, -0.2) is 40.6 Å².